The summed E-state index contributed by atoms with van der Waals surface area (Å²) < 4.78 is 6.94. The van der Waals surface area contributed by atoms with Crippen molar-refractivity contribution in [2.45, 2.75) is 58.3 Å². The van der Waals surface area contributed by atoms with Crippen molar-refractivity contribution in [1.82, 2.24) is 30.1 Å². The molecule has 250 valence electrons. The first-order valence-electron chi connectivity index (χ1n) is 16.0. The van der Waals surface area contributed by atoms with Crippen LogP contribution < -0.4 is 10.6 Å². The van der Waals surface area contributed by atoms with Crippen molar-refractivity contribution in [3.63, 3.8) is 0 Å². The van der Waals surface area contributed by atoms with Gasteiger partial charge >= 0.3 is 5.97 Å². The van der Waals surface area contributed by atoms with Crippen LogP contribution in [0.3, 0.4) is 0 Å². The van der Waals surface area contributed by atoms with Crippen LogP contribution in [0.25, 0.3) is 10.8 Å². The van der Waals surface area contributed by atoms with Crippen LogP contribution in [-0.4, -0.2) is 81.5 Å². The molecular weight excluding hydrogens is 613 g/mol. The Balaban J connectivity index is 1.53. The second-order valence-corrected chi connectivity index (χ2v) is 12.8. The lowest BCUT2D eigenvalue weighted by atomic mass is 9.97. The Morgan fingerprint density at radius 3 is 2.51 bits per heavy atom. The third-order valence-electron chi connectivity index (χ3n) is 8.45. The summed E-state index contributed by atoms with van der Waals surface area (Å²) >= 11 is 1.61. The van der Waals surface area contributed by atoms with Gasteiger partial charge in [-0.3, -0.25) is 19.5 Å². The Hall–Kier alpha value is -4.22. The van der Waals surface area contributed by atoms with Crippen LogP contribution in [0.2, 0.25) is 0 Å². The predicted molar refractivity (Wildman–Crippen MR) is 187 cm³/mol. The van der Waals surface area contributed by atoms with Gasteiger partial charge in [0.05, 0.1) is 26.4 Å². The van der Waals surface area contributed by atoms with E-state index in [1.165, 1.54) is 7.11 Å². The minimum absolute atomic E-state index is 0.0531. The number of rotatable bonds is 18. The number of hydrogen-bond donors (Lipinski definition) is 2. The number of hydrogen-bond acceptors (Lipinski definition) is 8. The fourth-order valence-electron chi connectivity index (χ4n) is 5.60. The van der Waals surface area contributed by atoms with Crippen molar-refractivity contribution < 1.29 is 19.1 Å². The third kappa shape index (κ3) is 10.7. The quantitative estimate of drug-likeness (QED) is 0.151. The molecule has 0 aliphatic carbocycles. The molecule has 0 fully saturated rings. The van der Waals surface area contributed by atoms with E-state index in [9.17, 15) is 14.4 Å². The number of thioether (sulfide) groups is 1. The highest BCUT2D eigenvalue weighted by Gasteiger charge is 2.26. The molecule has 0 saturated heterocycles. The summed E-state index contributed by atoms with van der Waals surface area (Å²) in [6.07, 6.45) is 10.4. The lowest BCUT2D eigenvalue weighted by molar-refractivity contribution is -0.145. The molecule has 47 heavy (non-hydrogen) atoms. The normalized spacial score (nSPS) is 13.2. The first-order valence-corrected chi connectivity index (χ1v) is 17.4. The molecule has 0 saturated carbocycles. The fourth-order valence-corrected chi connectivity index (χ4v) is 6.07. The number of nitrogens with one attached hydrogen (secondary N) is 2. The van der Waals surface area contributed by atoms with Crippen LogP contribution in [0.15, 0.2) is 79.5 Å². The SMILES string of the molecule is CCC(C)[C@@H](CN(CC(=O)N[C@@H](CCSC)C(=O)OC)Cc1cccc2ccccc12)NC(=O)Cc1cncn1Cc1ccncc1. The monoisotopic (exact) mass is 658 g/mol. The van der Waals surface area contributed by atoms with Gasteiger partial charge in [0.25, 0.3) is 0 Å². The summed E-state index contributed by atoms with van der Waals surface area (Å²) in [7, 11) is 1.33. The van der Waals surface area contributed by atoms with Gasteiger partial charge in [-0.15, -0.1) is 0 Å². The van der Waals surface area contributed by atoms with Crippen LogP contribution in [0, 0.1) is 5.92 Å². The summed E-state index contributed by atoms with van der Waals surface area (Å²) in [6, 6.07) is 17.3. The number of benzene rings is 2. The molecule has 0 radical (unpaired) electrons. The summed E-state index contributed by atoms with van der Waals surface area (Å²) in [6.45, 7) is 5.80. The molecule has 2 amide bonds. The van der Waals surface area contributed by atoms with Gasteiger partial charge in [0.2, 0.25) is 11.8 Å². The van der Waals surface area contributed by atoms with Crippen molar-refractivity contribution in [2.75, 3.05) is 32.2 Å². The zero-order valence-corrected chi connectivity index (χ0v) is 28.5. The lowest BCUT2D eigenvalue weighted by Gasteiger charge is -2.32. The number of esters is 1. The average Bonchev–Trinajstić information content (AvgIpc) is 3.51. The van der Waals surface area contributed by atoms with E-state index in [4.69, 9.17) is 4.74 Å². The van der Waals surface area contributed by atoms with Gasteiger partial charge in [-0.05, 0) is 58.4 Å². The van der Waals surface area contributed by atoms with Crippen LogP contribution >= 0.6 is 11.8 Å². The molecule has 11 heteroatoms. The Bertz CT molecular complexity index is 1590. The first-order chi connectivity index (χ1) is 22.8. The number of carbonyl (C=O) groups excluding carboxylic acids is 3. The second-order valence-electron chi connectivity index (χ2n) is 11.8. The van der Waals surface area contributed by atoms with Crippen LogP contribution in [0.4, 0.5) is 0 Å². The van der Waals surface area contributed by atoms with Gasteiger partial charge in [0.1, 0.15) is 6.04 Å². The van der Waals surface area contributed by atoms with E-state index < -0.39 is 12.0 Å². The molecular formula is C36H46N6O4S. The topological polar surface area (TPSA) is 118 Å². The largest absolute Gasteiger partial charge is 0.467 e. The van der Waals surface area contributed by atoms with Gasteiger partial charge in [-0.25, -0.2) is 9.78 Å². The first kappa shape index (κ1) is 35.6. The minimum Gasteiger partial charge on any atom is -0.467 e. The van der Waals surface area contributed by atoms with Gasteiger partial charge in [0, 0.05) is 50.0 Å². The molecule has 10 nitrogen and oxygen atoms in total. The number of aromatic nitrogens is 3. The Kier molecular flexibility index (Phi) is 13.8. The highest BCUT2D eigenvalue weighted by atomic mass is 32.2. The van der Waals surface area contributed by atoms with Crippen molar-refractivity contribution in [1.29, 1.82) is 0 Å². The van der Waals surface area contributed by atoms with Gasteiger partial charge in [-0.1, -0.05) is 62.7 Å². The van der Waals surface area contributed by atoms with Gasteiger partial charge in [-0.2, -0.15) is 11.8 Å². The lowest BCUT2D eigenvalue weighted by Crippen LogP contribution is -2.51. The molecule has 4 aromatic rings. The summed E-state index contributed by atoms with van der Waals surface area (Å²) in [5, 5.41) is 8.41. The second kappa shape index (κ2) is 18.2. The van der Waals surface area contributed by atoms with Crippen molar-refractivity contribution in [3.8, 4) is 0 Å². The zero-order valence-electron chi connectivity index (χ0n) is 27.7. The maximum absolute atomic E-state index is 13.5. The van der Waals surface area contributed by atoms with E-state index in [-0.39, 0.29) is 36.7 Å². The van der Waals surface area contributed by atoms with E-state index in [0.29, 0.717) is 31.8 Å². The van der Waals surface area contributed by atoms with Crippen LogP contribution in [-0.2, 0) is 38.6 Å². The van der Waals surface area contributed by atoms with Gasteiger partial charge in [0.15, 0.2) is 0 Å². The fraction of sp³-hybridized carbons (Fsp3) is 0.417. The Morgan fingerprint density at radius 1 is 1.00 bits per heavy atom. The molecule has 0 bridgehead atoms. The number of methoxy groups -OCH3 is 1. The average molecular weight is 659 g/mol. The maximum Gasteiger partial charge on any atom is 0.328 e. The molecule has 0 aliphatic rings. The molecule has 2 heterocycles. The molecule has 0 aliphatic heterocycles. The summed E-state index contributed by atoms with van der Waals surface area (Å²) in [4.78, 5) is 49.9. The van der Waals surface area contributed by atoms with E-state index in [1.807, 2.05) is 41.2 Å². The number of pyridine rings is 1. The number of imidazole rings is 1. The standard InChI is InChI=1S/C36H46N6O4S/c1-5-26(2)33(40-34(43)19-30-20-38-25-42(30)21-27-13-16-37-17-14-27)23-41(22-29-11-8-10-28-9-6-7-12-31(28)29)24-35(44)39-32(15-18-47-4)36(45)46-3/h6-14,16-17,20,25-26,32-33H,5,15,18-19,21-24H2,1-4H3,(H,39,44)(H,40,43)/t26?,32-,33+/m0/s1. The molecule has 1 unspecified atom stereocenters. The number of ether oxygens (including phenoxy) is 1. The number of amides is 2. The molecule has 2 aromatic carbocycles. The zero-order chi connectivity index (χ0) is 33.6. The highest BCUT2D eigenvalue weighted by Crippen LogP contribution is 2.21. The highest BCUT2D eigenvalue weighted by molar-refractivity contribution is 7.98. The van der Waals surface area contributed by atoms with Crippen molar-refractivity contribution in [2.24, 2.45) is 5.92 Å². The predicted octanol–water partition coefficient (Wildman–Crippen LogP) is 4.47. The Morgan fingerprint density at radius 2 is 1.77 bits per heavy atom. The molecule has 0 spiro atoms. The number of carbonyl (C=O) groups is 3. The number of nitrogens with zero attached hydrogens (tertiary/aromatic N) is 4. The maximum atomic E-state index is 13.5. The number of fused-ring (bicyclic) bond motifs is 1. The van der Waals surface area contributed by atoms with Crippen molar-refractivity contribution in [3.05, 3.63) is 96.3 Å². The van der Waals surface area contributed by atoms with E-state index in [2.05, 4.69) is 63.6 Å². The molecule has 3 atom stereocenters. The van der Waals surface area contributed by atoms with Crippen molar-refractivity contribution >= 4 is 40.3 Å². The van der Waals surface area contributed by atoms with E-state index in [0.717, 1.165) is 34.0 Å². The summed E-state index contributed by atoms with van der Waals surface area (Å²) in [5.74, 6) is 0.0211. The van der Waals surface area contributed by atoms with E-state index in [1.54, 1.807) is 36.7 Å². The van der Waals surface area contributed by atoms with Crippen LogP contribution in [0.1, 0.15) is 43.5 Å². The smallest absolute Gasteiger partial charge is 0.328 e. The molecule has 2 N–H and O–H groups in total. The molecule has 4 rings (SSSR count). The van der Waals surface area contributed by atoms with Crippen LogP contribution in [0.5, 0.6) is 0 Å². The minimum atomic E-state index is -0.721. The molecule has 2 aromatic heterocycles. The van der Waals surface area contributed by atoms with E-state index >= 15 is 0 Å². The summed E-state index contributed by atoms with van der Waals surface area (Å²) in [5.41, 5.74) is 2.97. The Labute approximate surface area is 281 Å². The van der Waals surface area contributed by atoms with Gasteiger partial charge < -0.3 is 19.9 Å². The third-order valence-corrected chi connectivity index (χ3v) is 9.09.